The molecule has 6 heteroatoms. The summed E-state index contributed by atoms with van der Waals surface area (Å²) in [6.45, 7) is 0. The molecule has 2 aliphatic carbocycles. The van der Waals surface area contributed by atoms with E-state index in [1.54, 1.807) is 0 Å². The molecule has 0 spiro atoms. The molecule has 0 atom stereocenters. The van der Waals surface area contributed by atoms with Gasteiger partial charge in [-0.15, -0.1) is 11.8 Å². The van der Waals surface area contributed by atoms with Crippen molar-refractivity contribution >= 4 is 35.2 Å². The maximum absolute atomic E-state index is 12.7. The Morgan fingerprint density at radius 3 is 2.39 bits per heavy atom. The Bertz CT molecular complexity index is 861. The molecule has 4 rings (SSSR count). The number of halogens is 1. The fourth-order valence-electron chi connectivity index (χ4n) is 3.43. The van der Waals surface area contributed by atoms with E-state index >= 15 is 0 Å². The summed E-state index contributed by atoms with van der Waals surface area (Å²) in [6.07, 6.45) is 4.03. The number of thioether (sulfide) groups is 1. The van der Waals surface area contributed by atoms with Gasteiger partial charge in [-0.3, -0.25) is 9.59 Å². The second kappa shape index (κ2) is 8.58. The minimum Gasteiger partial charge on any atom is -0.353 e. The summed E-state index contributed by atoms with van der Waals surface area (Å²) < 4.78 is 0. The second-order valence-electron chi connectivity index (χ2n) is 7.52. The molecule has 2 amide bonds. The quantitative estimate of drug-likeness (QED) is 0.661. The first-order valence-corrected chi connectivity index (χ1v) is 11.0. The highest BCUT2D eigenvalue weighted by atomic mass is 35.5. The summed E-state index contributed by atoms with van der Waals surface area (Å²) in [5.41, 5.74) is 1.91. The van der Waals surface area contributed by atoms with Crippen LogP contribution in [-0.4, -0.2) is 29.7 Å². The van der Waals surface area contributed by atoms with Crippen molar-refractivity contribution in [2.75, 3.05) is 5.75 Å². The number of amides is 2. The molecule has 2 aliphatic rings. The first kappa shape index (κ1) is 19.3. The first-order valence-electron chi connectivity index (χ1n) is 9.66. The Morgan fingerprint density at radius 1 is 0.964 bits per heavy atom. The summed E-state index contributed by atoms with van der Waals surface area (Å²) in [5.74, 6) is 0.777. The molecule has 2 aromatic rings. The van der Waals surface area contributed by atoms with Gasteiger partial charge in [-0.25, -0.2) is 0 Å². The van der Waals surface area contributed by atoms with E-state index in [0.717, 1.165) is 35.6 Å². The molecule has 28 heavy (non-hydrogen) atoms. The average Bonchev–Trinajstić information content (AvgIpc) is 3.47. The fourth-order valence-corrected chi connectivity index (χ4v) is 4.41. The van der Waals surface area contributed by atoms with Gasteiger partial charge in [0.15, 0.2) is 0 Å². The zero-order chi connectivity index (χ0) is 19.5. The van der Waals surface area contributed by atoms with Crippen molar-refractivity contribution in [2.45, 2.75) is 48.6 Å². The monoisotopic (exact) mass is 414 g/mol. The third kappa shape index (κ3) is 4.89. The lowest BCUT2D eigenvalue weighted by molar-refractivity contribution is -0.118. The van der Waals surface area contributed by atoms with E-state index in [0.29, 0.717) is 23.3 Å². The van der Waals surface area contributed by atoms with Gasteiger partial charge in [-0.1, -0.05) is 35.9 Å². The molecular formula is C22H23ClN2O2S. The molecule has 2 saturated carbocycles. The molecule has 146 valence electrons. The van der Waals surface area contributed by atoms with Crippen molar-refractivity contribution in [1.29, 1.82) is 0 Å². The maximum Gasteiger partial charge on any atom is 0.252 e. The van der Waals surface area contributed by atoms with Crippen LogP contribution in [-0.2, 0) is 4.79 Å². The second-order valence-corrected chi connectivity index (χ2v) is 8.97. The zero-order valence-electron chi connectivity index (χ0n) is 15.5. The lowest BCUT2D eigenvalue weighted by Gasteiger charge is -2.36. The average molecular weight is 415 g/mol. The van der Waals surface area contributed by atoms with Crippen LogP contribution in [0, 0.1) is 0 Å². The minimum absolute atomic E-state index is 0.0347. The van der Waals surface area contributed by atoms with Gasteiger partial charge in [-0.05, 0) is 61.4 Å². The molecule has 0 saturated heterocycles. The predicted octanol–water partition coefficient (Wildman–Crippen LogP) is 4.39. The lowest BCUT2D eigenvalue weighted by Crippen LogP contribution is -2.43. The van der Waals surface area contributed by atoms with E-state index in [2.05, 4.69) is 22.8 Å². The van der Waals surface area contributed by atoms with Crippen molar-refractivity contribution in [1.82, 2.24) is 10.6 Å². The number of nitrogens with one attached hydrogen (secondary N) is 2. The number of carbonyl (C=O) groups excluding carboxylic acids is 2. The van der Waals surface area contributed by atoms with E-state index in [4.69, 9.17) is 11.6 Å². The van der Waals surface area contributed by atoms with E-state index in [1.165, 1.54) is 17.3 Å². The highest BCUT2D eigenvalue weighted by Crippen LogP contribution is 2.37. The molecule has 2 fully saturated rings. The molecular weight excluding hydrogens is 392 g/mol. The number of hydrogen-bond donors (Lipinski definition) is 2. The Morgan fingerprint density at radius 2 is 1.68 bits per heavy atom. The van der Waals surface area contributed by atoms with Crippen molar-refractivity contribution in [2.24, 2.45) is 0 Å². The van der Waals surface area contributed by atoms with Crippen molar-refractivity contribution in [3.05, 3.63) is 64.7 Å². The minimum atomic E-state index is -0.0646. The van der Waals surface area contributed by atoms with Gasteiger partial charge in [0.1, 0.15) is 0 Å². The maximum atomic E-state index is 12.7. The Labute approximate surface area is 174 Å². The summed E-state index contributed by atoms with van der Waals surface area (Å²) in [4.78, 5) is 25.5. The molecule has 2 N–H and O–H groups in total. The summed E-state index contributed by atoms with van der Waals surface area (Å²) in [7, 11) is 0. The Hall–Kier alpha value is -1.98. The van der Waals surface area contributed by atoms with Crippen molar-refractivity contribution in [3.8, 4) is 0 Å². The van der Waals surface area contributed by atoms with E-state index < -0.39 is 0 Å². The Balaban J connectivity index is 1.30. The highest BCUT2D eigenvalue weighted by molar-refractivity contribution is 8.00. The highest BCUT2D eigenvalue weighted by Gasteiger charge is 2.32. The predicted molar refractivity (Wildman–Crippen MR) is 113 cm³/mol. The van der Waals surface area contributed by atoms with Crippen LogP contribution in [0.15, 0.2) is 53.4 Å². The van der Waals surface area contributed by atoms with Crippen LogP contribution < -0.4 is 10.6 Å². The van der Waals surface area contributed by atoms with Gasteiger partial charge in [0.25, 0.3) is 5.91 Å². The molecule has 0 heterocycles. The smallest absolute Gasteiger partial charge is 0.252 e. The number of rotatable bonds is 7. The van der Waals surface area contributed by atoms with Crippen LogP contribution in [0.25, 0.3) is 0 Å². The van der Waals surface area contributed by atoms with Gasteiger partial charge < -0.3 is 10.6 Å². The molecule has 2 aromatic carbocycles. The third-order valence-electron chi connectivity index (χ3n) is 5.25. The normalized spacial score (nSPS) is 20.9. The molecule has 0 aromatic heterocycles. The van der Waals surface area contributed by atoms with Crippen LogP contribution in [0.1, 0.15) is 47.5 Å². The molecule has 0 unspecified atom stereocenters. The zero-order valence-corrected chi connectivity index (χ0v) is 17.1. The van der Waals surface area contributed by atoms with Crippen LogP contribution in [0.5, 0.6) is 0 Å². The van der Waals surface area contributed by atoms with E-state index in [1.807, 2.05) is 36.4 Å². The molecule has 0 aliphatic heterocycles. The van der Waals surface area contributed by atoms with Crippen LogP contribution in [0.3, 0.4) is 0 Å². The Kier molecular flexibility index (Phi) is 5.93. The first-order chi connectivity index (χ1) is 13.6. The van der Waals surface area contributed by atoms with Crippen molar-refractivity contribution in [3.63, 3.8) is 0 Å². The van der Waals surface area contributed by atoms with Crippen LogP contribution in [0.2, 0.25) is 5.02 Å². The van der Waals surface area contributed by atoms with Crippen LogP contribution >= 0.6 is 23.4 Å². The third-order valence-corrected chi connectivity index (χ3v) is 6.57. The van der Waals surface area contributed by atoms with E-state index in [-0.39, 0.29) is 17.9 Å². The standard InChI is InChI=1S/C22H23ClN2O2S/c23-16-7-5-14(6-8-16)15-11-18(12-15)25-22(27)19-3-1-2-4-20(19)28-13-21(26)24-17-9-10-17/h1-8,15,17-18H,9-13H2,(H,24,26)(H,25,27). The number of benzene rings is 2. The van der Waals surface area contributed by atoms with E-state index in [9.17, 15) is 9.59 Å². The van der Waals surface area contributed by atoms with Gasteiger partial charge in [-0.2, -0.15) is 0 Å². The van der Waals surface area contributed by atoms with Crippen molar-refractivity contribution < 1.29 is 9.59 Å². The molecule has 4 nitrogen and oxygen atoms in total. The van der Waals surface area contributed by atoms with Gasteiger partial charge in [0.2, 0.25) is 5.91 Å². The largest absolute Gasteiger partial charge is 0.353 e. The summed E-state index contributed by atoms with van der Waals surface area (Å²) >= 11 is 7.37. The topological polar surface area (TPSA) is 58.2 Å². The fraction of sp³-hybridized carbons (Fsp3) is 0.364. The van der Waals surface area contributed by atoms with Gasteiger partial charge >= 0.3 is 0 Å². The summed E-state index contributed by atoms with van der Waals surface area (Å²) in [6, 6.07) is 16.0. The van der Waals surface area contributed by atoms with Gasteiger partial charge in [0, 0.05) is 22.0 Å². The number of carbonyl (C=O) groups is 2. The SMILES string of the molecule is O=C(CSc1ccccc1C(=O)NC1CC(c2ccc(Cl)cc2)C1)NC1CC1. The summed E-state index contributed by atoms with van der Waals surface area (Å²) in [5, 5.41) is 6.86. The molecule has 0 radical (unpaired) electrons. The lowest BCUT2D eigenvalue weighted by atomic mass is 9.76. The van der Waals surface area contributed by atoms with Gasteiger partial charge in [0.05, 0.1) is 11.3 Å². The number of hydrogen-bond acceptors (Lipinski definition) is 3. The molecule has 0 bridgehead atoms. The van der Waals surface area contributed by atoms with Crippen LogP contribution in [0.4, 0.5) is 0 Å².